The first-order valence-electron chi connectivity index (χ1n) is 7.88. The van der Waals surface area contributed by atoms with Crippen LogP contribution in [0.3, 0.4) is 0 Å². The number of carbonyl (C=O) groups is 2. The molecule has 1 aromatic rings. The predicted molar refractivity (Wildman–Crippen MR) is 94.5 cm³/mol. The molecule has 1 fully saturated rings. The molecule has 0 saturated heterocycles. The summed E-state index contributed by atoms with van der Waals surface area (Å²) < 4.78 is 0. The summed E-state index contributed by atoms with van der Waals surface area (Å²) in [6.07, 6.45) is 10.3. The van der Waals surface area contributed by atoms with Crippen LogP contribution in [0, 0.1) is 17.8 Å². The van der Waals surface area contributed by atoms with Crippen LogP contribution >= 0.6 is 0 Å². The van der Waals surface area contributed by atoms with Crippen LogP contribution in [0.2, 0.25) is 0 Å². The molecule has 1 saturated carbocycles. The average molecular weight is 323 g/mol. The molecule has 0 spiro atoms. The number of benzene rings is 1. The molecule has 1 aliphatic rings. The van der Waals surface area contributed by atoms with Crippen molar-refractivity contribution in [2.75, 3.05) is 5.32 Å². The van der Waals surface area contributed by atoms with Gasteiger partial charge in [-0.05, 0) is 43.9 Å². The Balaban J connectivity index is 2.25. The van der Waals surface area contributed by atoms with Crippen LogP contribution in [0.15, 0.2) is 42.1 Å². The van der Waals surface area contributed by atoms with Crippen LogP contribution in [-0.4, -0.2) is 28.5 Å². The van der Waals surface area contributed by atoms with Gasteiger partial charge in [-0.3, -0.25) is 15.1 Å². The number of aldehydes is 1. The predicted octanol–water partition coefficient (Wildman–Crippen LogP) is 2.95. The Bertz CT molecular complexity index is 695. The van der Waals surface area contributed by atoms with E-state index in [-0.39, 0.29) is 5.84 Å². The molecular formula is C19H21N3O2. The molecule has 0 atom stereocenters. The molecule has 1 aliphatic carbocycles. The summed E-state index contributed by atoms with van der Waals surface area (Å²) in [5.74, 6) is 1.31. The van der Waals surface area contributed by atoms with Crippen molar-refractivity contribution in [1.82, 2.24) is 4.90 Å². The van der Waals surface area contributed by atoms with Crippen molar-refractivity contribution in [2.45, 2.75) is 38.1 Å². The maximum Gasteiger partial charge on any atom is 0.304 e. The Morgan fingerprint density at radius 3 is 2.50 bits per heavy atom. The summed E-state index contributed by atoms with van der Waals surface area (Å²) in [6, 6.07) is 9.50. The Morgan fingerprint density at radius 2 is 1.96 bits per heavy atom. The third-order valence-corrected chi connectivity index (χ3v) is 4.17. The number of carbonyl (C=O) groups excluding carboxylic acids is 2. The van der Waals surface area contributed by atoms with Crippen LogP contribution in [0.1, 0.15) is 32.6 Å². The summed E-state index contributed by atoms with van der Waals surface area (Å²) in [4.78, 5) is 25.0. The molecule has 0 bridgehead atoms. The lowest BCUT2D eigenvalue weighted by atomic mass is 9.96. The second kappa shape index (κ2) is 7.60. The second-order valence-electron chi connectivity index (χ2n) is 5.92. The number of allylic oxidation sites excluding steroid dienone is 1. The number of terminal acetylenes is 1. The van der Waals surface area contributed by atoms with Crippen molar-refractivity contribution in [3.8, 4) is 12.3 Å². The van der Waals surface area contributed by atoms with Crippen LogP contribution in [0.4, 0.5) is 5.69 Å². The third-order valence-electron chi connectivity index (χ3n) is 4.17. The van der Waals surface area contributed by atoms with Gasteiger partial charge in [0.25, 0.3) is 0 Å². The monoisotopic (exact) mass is 323 g/mol. The lowest BCUT2D eigenvalue weighted by molar-refractivity contribution is -0.131. The fraction of sp³-hybridized carbons (Fsp3) is 0.316. The summed E-state index contributed by atoms with van der Waals surface area (Å²) in [7, 11) is 0. The van der Waals surface area contributed by atoms with Crippen molar-refractivity contribution in [3.05, 3.63) is 42.1 Å². The maximum atomic E-state index is 12.2. The van der Waals surface area contributed by atoms with E-state index in [9.17, 15) is 9.59 Å². The van der Waals surface area contributed by atoms with Gasteiger partial charge in [-0.1, -0.05) is 31.0 Å². The van der Waals surface area contributed by atoms with Gasteiger partial charge in [-0.2, -0.15) is 0 Å². The fourth-order valence-corrected chi connectivity index (χ4v) is 3.05. The molecular weight excluding hydrogens is 302 g/mol. The van der Waals surface area contributed by atoms with E-state index in [1.165, 1.54) is 6.08 Å². The third kappa shape index (κ3) is 3.72. The average Bonchev–Trinajstić information content (AvgIpc) is 3.05. The van der Waals surface area contributed by atoms with E-state index >= 15 is 0 Å². The van der Waals surface area contributed by atoms with Gasteiger partial charge in [-0.15, -0.1) is 6.42 Å². The molecule has 0 aliphatic heterocycles. The van der Waals surface area contributed by atoms with Gasteiger partial charge in [0.15, 0.2) is 0 Å². The zero-order valence-electron chi connectivity index (χ0n) is 13.7. The largest absolute Gasteiger partial charge is 0.359 e. The number of amidine groups is 1. The van der Waals surface area contributed by atoms with Crippen LogP contribution in [0.25, 0.3) is 0 Å². The number of rotatable bonds is 5. The van der Waals surface area contributed by atoms with Gasteiger partial charge in [-0.25, -0.2) is 0 Å². The lowest BCUT2D eigenvalue weighted by Gasteiger charge is -2.35. The first-order valence-corrected chi connectivity index (χ1v) is 7.88. The zero-order chi connectivity index (χ0) is 17.6. The van der Waals surface area contributed by atoms with Gasteiger partial charge in [0.2, 0.25) is 0 Å². The number of nitrogens with one attached hydrogen (secondary N) is 2. The molecule has 124 valence electrons. The van der Waals surface area contributed by atoms with Crippen molar-refractivity contribution in [3.63, 3.8) is 0 Å². The summed E-state index contributed by atoms with van der Waals surface area (Å²) in [6.45, 7) is 1.79. The minimum atomic E-state index is -0.996. The first kappa shape index (κ1) is 17.5. The van der Waals surface area contributed by atoms with E-state index in [2.05, 4.69) is 5.32 Å². The molecule has 0 unspecified atom stereocenters. The zero-order valence-corrected chi connectivity index (χ0v) is 13.7. The Morgan fingerprint density at radius 1 is 1.33 bits per heavy atom. The van der Waals surface area contributed by atoms with Gasteiger partial charge >= 0.3 is 5.91 Å². The van der Waals surface area contributed by atoms with Crippen LogP contribution in [0.5, 0.6) is 0 Å². The van der Waals surface area contributed by atoms with E-state index in [0.29, 0.717) is 18.5 Å². The Labute approximate surface area is 142 Å². The Hall–Kier alpha value is -2.87. The minimum Gasteiger partial charge on any atom is -0.359 e. The van der Waals surface area contributed by atoms with E-state index in [1.54, 1.807) is 6.92 Å². The summed E-state index contributed by atoms with van der Waals surface area (Å²) in [5, 5.41) is 11.5. The highest BCUT2D eigenvalue weighted by atomic mass is 16.2. The highest BCUT2D eigenvalue weighted by molar-refractivity contribution is 6.11. The van der Waals surface area contributed by atoms with Crippen molar-refractivity contribution in [1.29, 1.82) is 5.41 Å². The first-order chi connectivity index (χ1) is 11.5. The number of para-hydroxylation sites is 1. The highest BCUT2D eigenvalue weighted by Gasteiger charge is 2.43. The standard InChI is InChI=1S/C19H21N3O2/c1-3-18(24)22(19(14-23)11-7-8-12-19)17(20)13-15(2)21-16-9-5-4-6-10-16/h1,4-6,9-10,13-14,20-21H,7-8,11-12H2,2H3/b15-13-,20-17?. The topological polar surface area (TPSA) is 73.3 Å². The van der Waals surface area contributed by atoms with E-state index in [0.717, 1.165) is 29.7 Å². The number of hydrogen-bond donors (Lipinski definition) is 2. The van der Waals surface area contributed by atoms with Crippen molar-refractivity contribution in [2.24, 2.45) is 0 Å². The fourth-order valence-electron chi connectivity index (χ4n) is 3.05. The SMILES string of the molecule is C#CC(=O)N(C(=N)/C=C(/C)Nc1ccccc1)C1(C=O)CCCC1. The lowest BCUT2D eigenvalue weighted by Crippen LogP contribution is -2.53. The Kier molecular flexibility index (Phi) is 5.54. The molecule has 5 nitrogen and oxygen atoms in total. The van der Waals surface area contributed by atoms with Crippen LogP contribution < -0.4 is 5.32 Å². The van der Waals surface area contributed by atoms with E-state index in [4.69, 9.17) is 11.8 Å². The highest BCUT2D eigenvalue weighted by Crippen LogP contribution is 2.34. The quantitative estimate of drug-likeness (QED) is 0.379. The molecule has 5 heteroatoms. The van der Waals surface area contributed by atoms with Gasteiger partial charge in [0, 0.05) is 11.4 Å². The second-order valence-corrected chi connectivity index (χ2v) is 5.92. The molecule has 0 aromatic heterocycles. The van der Waals surface area contributed by atoms with Crippen LogP contribution in [-0.2, 0) is 9.59 Å². The van der Waals surface area contributed by atoms with Crippen molar-refractivity contribution < 1.29 is 9.59 Å². The van der Waals surface area contributed by atoms with E-state index < -0.39 is 11.4 Å². The van der Waals surface area contributed by atoms with Gasteiger partial charge in [0.05, 0.1) is 0 Å². The number of nitrogens with zero attached hydrogens (tertiary/aromatic N) is 1. The molecule has 24 heavy (non-hydrogen) atoms. The van der Waals surface area contributed by atoms with Crippen molar-refractivity contribution >= 4 is 23.7 Å². The molecule has 1 aromatic carbocycles. The summed E-state index contributed by atoms with van der Waals surface area (Å²) >= 11 is 0. The van der Waals surface area contributed by atoms with Gasteiger partial charge < -0.3 is 10.1 Å². The number of amides is 1. The summed E-state index contributed by atoms with van der Waals surface area (Å²) in [5.41, 5.74) is 0.560. The molecule has 1 amide bonds. The molecule has 0 radical (unpaired) electrons. The number of anilines is 1. The minimum absolute atomic E-state index is 0.0760. The smallest absolute Gasteiger partial charge is 0.304 e. The molecule has 0 heterocycles. The maximum absolute atomic E-state index is 12.2. The number of hydrogen-bond acceptors (Lipinski definition) is 4. The normalized spacial score (nSPS) is 16.1. The molecule has 2 rings (SSSR count). The molecule has 2 N–H and O–H groups in total. The van der Waals surface area contributed by atoms with E-state index in [1.807, 2.05) is 36.3 Å². The van der Waals surface area contributed by atoms with Gasteiger partial charge in [0.1, 0.15) is 17.7 Å².